The standard InChI is InChI=1S/C12H19ClN4S/c13-12-15-14-11(18-12)9-16-5-7-17(8-6-16)10-3-1-2-4-10/h10H,1-9H2. The van der Waals surface area contributed by atoms with Crippen LogP contribution in [0.1, 0.15) is 30.7 Å². The molecule has 0 spiro atoms. The van der Waals surface area contributed by atoms with Gasteiger partial charge in [0.15, 0.2) is 0 Å². The Morgan fingerprint density at radius 1 is 1.11 bits per heavy atom. The van der Waals surface area contributed by atoms with E-state index in [2.05, 4.69) is 20.0 Å². The molecule has 1 aromatic heterocycles. The summed E-state index contributed by atoms with van der Waals surface area (Å²) < 4.78 is 0.551. The average Bonchev–Trinajstić information content (AvgIpc) is 3.02. The van der Waals surface area contributed by atoms with Crippen molar-refractivity contribution in [2.75, 3.05) is 26.2 Å². The van der Waals surface area contributed by atoms with Crippen LogP contribution in [0.5, 0.6) is 0 Å². The van der Waals surface area contributed by atoms with Gasteiger partial charge in [0.25, 0.3) is 0 Å². The summed E-state index contributed by atoms with van der Waals surface area (Å²) in [5.74, 6) is 0. The van der Waals surface area contributed by atoms with Crippen molar-refractivity contribution < 1.29 is 0 Å². The quantitative estimate of drug-likeness (QED) is 0.853. The lowest BCUT2D eigenvalue weighted by atomic mass is 10.2. The van der Waals surface area contributed by atoms with Gasteiger partial charge in [-0.25, -0.2) is 0 Å². The maximum atomic E-state index is 5.81. The van der Waals surface area contributed by atoms with Gasteiger partial charge >= 0.3 is 0 Å². The smallest absolute Gasteiger partial charge is 0.207 e. The first-order chi connectivity index (χ1) is 8.81. The van der Waals surface area contributed by atoms with Gasteiger partial charge < -0.3 is 0 Å². The van der Waals surface area contributed by atoms with E-state index in [1.54, 1.807) is 0 Å². The van der Waals surface area contributed by atoms with Crippen LogP contribution < -0.4 is 0 Å². The molecule has 4 nitrogen and oxygen atoms in total. The van der Waals surface area contributed by atoms with Gasteiger partial charge in [-0.2, -0.15) is 0 Å². The van der Waals surface area contributed by atoms with Crippen LogP contribution in [-0.2, 0) is 6.54 Å². The lowest BCUT2D eigenvalue weighted by molar-refractivity contribution is 0.0935. The van der Waals surface area contributed by atoms with Crippen molar-refractivity contribution >= 4 is 22.9 Å². The Balaban J connectivity index is 1.47. The molecule has 6 heteroatoms. The lowest BCUT2D eigenvalue weighted by Crippen LogP contribution is -2.49. The van der Waals surface area contributed by atoms with E-state index in [4.69, 9.17) is 11.6 Å². The SMILES string of the molecule is Clc1nnc(CN2CCN(C3CCCC3)CC2)s1. The molecular formula is C12H19ClN4S. The summed E-state index contributed by atoms with van der Waals surface area (Å²) in [6.07, 6.45) is 5.67. The van der Waals surface area contributed by atoms with Crippen molar-refractivity contribution in [2.24, 2.45) is 0 Å². The number of halogens is 1. The van der Waals surface area contributed by atoms with E-state index in [1.807, 2.05) is 0 Å². The van der Waals surface area contributed by atoms with Crippen LogP contribution in [0.15, 0.2) is 0 Å². The van der Waals surface area contributed by atoms with Crippen molar-refractivity contribution in [1.82, 2.24) is 20.0 Å². The van der Waals surface area contributed by atoms with Crippen molar-refractivity contribution in [1.29, 1.82) is 0 Å². The second-order valence-electron chi connectivity index (χ2n) is 5.20. The Morgan fingerprint density at radius 3 is 2.44 bits per heavy atom. The van der Waals surface area contributed by atoms with Crippen LogP contribution in [0.25, 0.3) is 0 Å². The molecule has 1 aliphatic heterocycles. The molecule has 2 heterocycles. The van der Waals surface area contributed by atoms with Gasteiger partial charge in [0.1, 0.15) is 5.01 Å². The maximum absolute atomic E-state index is 5.81. The van der Waals surface area contributed by atoms with Gasteiger partial charge in [0.2, 0.25) is 4.47 Å². The molecule has 0 radical (unpaired) electrons. The van der Waals surface area contributed by atoms with E-state index in [0.29, 0.717) is 4.47 Å². The number of aromatic nitrogens is 2. The Labute approximate surface area is 117 Å². The van der Waals surface area contributed by atoms with Crippen molar-refractivity contribution in [3.05, 3.63) is 9.47 Å². The minimum atomic E-state index is 0.551. The number of hydrogen-bond donors (Lipinski definition) is 0. The molecule has 1 saturated carbocycles. The summed E-state index contributed by atoms with van der Waals surface area (Å²) in [6.45, 7) is 5.61. The Bertz CT molecular complexity index is 383. The molecule has 1 aromatic rings. The molecule has 0 amide bonds. The first-order valence-electron chi connectivity index (χ1n) is 6.75. The summed E-state index contributed by atoms with van der Waals surface area (Å²) in [4.78, 5) is 5.14. The molecule has 2 fully saturated rings. The predicted octanol–water partition coefficient (Wildman–Crippen LogP) is 2.25. The highest BCUT2D eigenvalue weighted by Crippen LogP contribution is 2.25. The Morgan fingerprint density at radius 2 is 1.83 bits per heavy atom. The minimum absolute atomic E-state index is 0.551. The monoisotopic (exact) mass is 286 g/mol. The first kappa shape index (κ1) is 12.8. The largest absolute Gasteiger partial charge is 0.298 e. The number of nitrogens with zero attached hydrogens (tertiary/aromatic N) is 4. The van der Waals surface area contributed by atoms with Crippen molar-refractivity contribution in [2.45, 2.75) is 38.3 Å². The zero-order valence-corrected chi connectivity index (χ0v) is 12.1. The predicted molar refractivity (Wildman–Crippen MR) is 74.0 cm³/mol. The number of piperazine rings is 1. The highest BCUT2D eigenvalue weighted by molar-refractivity contribution is 7.15. The summed E-state index contributed by atoms with van der Waals surface area (Å²) in [5.41, 5.74) is 0. The minimum Gasteiger partial charge on any atom is -0.298 e. The molecule has 0 N–H and O–H groups in total. The van der Waals surface area contributed by atoms with Crippen molar-refractivity contribution in [3.63, 3.8) is 0 Å². The van der Waals surface area contributed by atoms with Crippen LogP contribution in [0, 0.1) is 0 Å². The molecule has 100 valence electrons. The fourth-order valence-electron chi connectivity index (χ4n) is 3.04. The third-order valence-corrected chi connectivity index (χ3v) is 5.05. The molecule has 2 aliphatic rings. The van der Waals surface area contributed by atoms with Crippen LogP contribution in [0.4, 0.5) is 0 Å². The molecule has 0 unspecified atom stereocenters. The van der Waals surface area contributed by atoms with Gasteiger partial charge in [-0.1, -0.05) is 24.2 Å². The fraction of sp³-hybridized carbons (Fsp3) is 0.833. The first-order valence-corrected chi connectivity index (χ1v) is 7.95. The van der Waals surface area contributed by atoms with Gasteiger partial charge in [-0.3, -0.25) is 9.80 Å². The molecule has 0 bridgehead atoms. The van der Waals surface area contributed by atoms with E-state index in [-0.39, 0.29) is 0 Å². The second-order valence-corrected chi connectivity index (χ2v) is 6.84. The average molecular weight is 287 g/mol. The summed E-state index contributed by atoms with van der Waals surface area (Å²) >= 11 is 7.30. The summed E-state index contributed by atoms with van der Waals surface area (Å²) in [5, 5.41) is 8.98. The van der Waals surface area contributed by atoms with Gasteiger partial charge in [-0.15, -0.1) is 10.2 Å². The molecule has 18 heavy (non-hydrogen) atoms. The molecule has 1 aliphatic carbocycles. The highest BCUT2D eigenvalue weighted by atomic mass is 35.5. The molecule has 0 atom stereocenters. The normalized spacial score (nSPS) is 23.8. The lowest BCUT2D eigenvalue weighted by Gasteiger charge is -2.37. The molecular weight excluding hydrogens is 268 g/mol. The van der Waals surface area contributed by atoms with E-state index >= 15 is 0 Å². The van der Waals surface area contributed by atoms with Crippen LogP contribution in [-0.4, -0.2) is 52.2 Å². The zero-order chi connectivity index (χ0) is 12.4. The topological polar surface area (TPSA) is 32.3 Å². The number of rotatable bonds is 3. The second kappa shape index (κ2) is 5.82. The maximum Gasteiger partial charge on any atom is 0.207 e. The number of hydrogen-bond acceptors (Lipinski definition) is 5. The van der Waals surface area contributed by atoms with E-state index in [9.17, 15) is 0 Å². The third-order valence-electron chi connectivity index (χ3n) is 4.05. The highest BCUT2D eigenvalue weighted by Gasteiger charge is 2.26. The van der Waals surface area contributed by atoms with E-state index in [1.165, 1.54) is 50.1 Å². The fourth-order valence-corrected chi connectivity index (χ4v) is 3.95. The molecule has 1 saturated heterocycles. The van der Waals surface area contributed by atoms with Gasteiger partial charge in [0, 0.05) is 32.2 Å². The zero-order valence-electron chi connectivity index (χ0n) is 10.5. The van der Waals surface area contributed by atoms with Crippen molar-refractivity contribution in [3.8, 4) is 0 Å². The van der Waals surface area contributed by atoms with E-state index < -0.39 is 0 Å². The van der Waals surface area contributed by atoms with Crippen LogP contribution >= 0.6 is 22.9 Å². The summed E-state index contributed by atoms with van der Waals surface area (Å²) in [6, 6.07) is 0.864. The van der Waals surface area contributed by atoms with E-state index in [0.717, 1.165) is 30.7 Å². The van der Waals surface area contributed by atoms with Gasteiger partial charge in [-0.05, 0) is 24.4 Å². The summed E-state index contributed by atoms with van der Waals surface area (Å²) in [7, 11) is 0. The van der Waals surface area contributed by atoms with Crippen LogP contribution in [0.2, 0.25) is 4.47 Å². The van der Waals surface area contributed by atoms with Gasteiger partial charge in [0.05, 0.1) is 6.54 Å². The molecule has 0 aromatic carbocycles. The Kier molecular flexibility index (Phi) is 4.13. The Hall–Kier alpha value is -0.230. The van der Waals surface area contributed by atoms with Crippen LogP contribution in [0.3, 0.4) is 0 Å². The third kappa shape index (κ3) is 3.02. The molecule has 3 rings (SSSR count).